The van der Waals surface area contributed by atoms with Crippen LogP contribution >= 0.6 is 0 Å². The van der Waals surface area contributed by atoms with Gasteiger partial charge < -0.3 is 14.5 Å². The minimum absolute atomic E-state index is 0.0562. The molecular formula is C19H26N2O3. The van der Waals surface area contributed by atoms with Gasteiger partial charge in [-0.2, -0.15) is 0 Å². The quantitative estimate of drug-likeness (QED) is 0.842. The van der Waals surface area contributed by atoms with E-state index in [0.717, 1.165) is 37.8 Å². The number of hydrogen-bond donors (Lipinski definition) is 1. The lowest BCUT2D eigenvalue weighted by Gasteiger charge is -2.28. The molecule has 0 radical (unpaired) electrons. The molecular weight excluding hydrogens is 304 g/mol. The maximum atomic E-state index is 12.7. The lowest BCUT2D eigenvalue weighted by atomic mass is 9.93. The van der Waals surface area contributed by atoms with Crippen LogP contribution in [0.5, 0.6) is 0 Å². The molecule has 24 heavy (non-hydrogen) atoms. The summed E-state index contributed by atoms with van der Waals surface area (Å²) in [4.78, 5) is 15.2. The third kappa shape index (κ3) is 3.28. The standard InChI is InChI=1S/C19H26N2O3/c22-19(20-11-15-7-4-9-23-15)16-13-21(17-8-10-24-18(16)17)12-14-5-2-1-3-6-14/h1-2,4,7,9,14,16-18H,3,5-6,8,10-13H2,(H,20,22)/t14?,16-,17+,18+/m1/s1. The fraction of sp³-hybridized carbons (Fsp3) is 0.632. The smallest absolute Gasteiger partial charge is 0.227 e. The molecule has 5 heteroatoms. The number of hydrogen-bond acceptors (Lipinski definition) is 4. The van der Waals surface area contributed by atoms with Crippen molar-refractivity contribution in [3.63, 3.8) is 0 Å². The van der Waals surface area contributed by atoms with Crippen LogP contribution < -0.4 is 5.32 Å². The minimum Gasteiger partial charge on any atom is -0.467 e. The maximum absolute atomic E-state index is 12.7. The van der Waals surface area contributed by atoms with Crippen LogP contribution in [0.25, 0.3) is 0 Å². The zero-order valence-electron chi connectivity index (χ0n) is 14.0. The van der Waals surface area contributed by atoms with Gasteiger partial charge in [-0.3, -0.25) is 9.69 Å². The van der Waals surface area contributed by atoms with Gasteiger partial charge in [0.15, 0.2) is 0 Å². The van der Waals surface area contributed by atoms with Crippen LogP contribution in [-0.4, -0.2) is 42.6 Å². The number of fused-ring (bicyclic) bond motifs is 1. The molecule has 4 rings (SSSR count). The van der Waals surface area contributed by atoms with Crippen LogP contribution in [0, 0.1) is 11.8 Å². The summed E-state index contributed by atoms with van der Waals surface area (Å²) < 4.78 is 11.2. The molecule has 0 saturated carbocycles. The Morgan fingerprint density at radius 3 is 3.08 bits per heavy atom. The highest BCUT2D eigenvalue weighted by Gasteiger charge is 2.48. The Hall–Kier alpha value is -1.59. The number of rotatable bonds is 5. The summed E-state index contributed by atoms with van der Waals surface area (Å²) in [5, 5.41) is 3.01. The van der Waals surface area contributed by atoms with Crippen molar-refractivity contribution < 1.29 is 13.9 Å². The first-order valence-electron chi connectivity index (χ1n) is 9.12. The van der Waals surface area contributed by atoms with Crippen molar-refractivity contribution in [1.82, 2.24) is 10.2 Å². The van der Waals surface area contributed by atoms with E-state index >= 15 is 0 Å². The fourth-order valence-electron chi connectivity index (χ4n) is 4.38. The number of furan rings is 1. The van der Waals surface area contributed by atoms with Crippen LogP contribution in [0.1, 0.15) is 31.4 Å². The van der Waals surface area contributed by atoms with Gasteiger partial charge in [-0.15, -0.1) is 0 Å². The van der Waals surface area contributed by atoms with Crippen LogP contribution in [0.15, 0.2) is 35.0 Å². The van der Waals surface area contributed by atoms with Gasteiger partial charge in [0.1, 0.15) is 5.76 Å². The minimum atomic E-state index is -0.0633. The molecule has 0 bridgehead atoms. The Morgan fingerprint density at radius 1 is 1.33 bits per heavy atom. The van der Waals surface area contributed by atoms with E-state index < -0.39 is 0 Å². The second-order valence-electron chi connectivity index (χ2n) is 7.20. The number of nitrogens with zero attached hydrogens (tertiary/aromatic N) is 1. The molecule has 3 heterocycles. The molecule has 1 N–H and O–H groups in total. The van der Waals surface area contributed by atoms with Gasteiger partial charge >= 0.3 is 0 Å². The summed E-state index contributed by atoms with van der Waals surface area (Å²) in [7, 11) is 0. The van der Waals surface area contributed by atoms with Crippen LogP contribution in [0.4, 0.5) is 0 Å². The maximum Gasteiger partial charge on any atom is 0.227 e. The second kappa shape index (κ2) is 7.11. The van der Waals surface area contributed by atoms with Gasteiger partial charge in [0, 0.05) is 25.7 Å². The number of carbonyl (C=O) groups excluding carboxylic acids is 1. The first kappa shape index (κ1) is 15.9. The predicted molar refractivity (Wildman–Crippen MR) is 90.2 cm³/mol. The average Bonchev–Trinajstić information content (AvgIpc) is 3.33. The number of amides is 1. The van der Waals surface area contributed by atoms with E-state index in [4.69, 9.17) is 9.15 Å². The summed E-state index contributed by atoms with van der Waals surface area (Å²) in [6.07, 6.45) is 11.0. The predicted octanol–water partition coefficient (Wildman–Crippen LogP) is 2.34. The molecule has 2 aliphatic heterocycles. The molecule has 1 unspecified atom stereocenters. The topological polar surface area (TPSA) is 54.7 Å². The summed E-state index contributed by atoms with van der Waals surface area (Å²) in [6.45, 7) is 3.14. The number of nitrogens with one attached hydrogen (secondary N) is 1. The Morgan fingerprint density at radius 2 is 2.29 bits per heavy atom. The Bertz CT molecular complexity index is 583. The molecule has 4 atom stereocenters. The Balaban J connectivity index is 1.36. The molecule has 3 aliphatic rings. The molecule has 1 amide bonds. The molecule has 0 aromatic carbocycles. The Kier molecular flexibility index (Phi) is 4.72. The first-order valence-corrected chi connectivity index (χ1v) is 9.12. The molecule has 130 valence electrons. The first-order chi connectivity index (χ1) is 11.8. The van der Waals surface area contributed by atoms with Gasteiger partial charge in [0.2, 0.25) is 5.91 Å². The summed E-state index contributed by atoms with van der Waals surface area (Å²) in [5.74, 6) is 1.54. The molecule has 2 saturated heterocycles. The molecule has 2 fully saturated rings. The van der Waals surface area contributed by atoms with E-state index in [-0.39, 0.29) is 17.9 Å². The second-order valence-corrected chi connectivity index (χ2v) is 7.20. The lowest BCUT2D eigenvalue weighted by Crippen LogP contribution is -2.37. The highest BCUT2D eigenvalue weighted by Crippen LogP contribution is 2.35. The van der Waals surface area contributed by atoms with Gasteiger partial charge in [-0.05, 0) is 43.7 Å². The average molecular weight is 330 g/mol. The van der Waals surface area contributed by atoms with Crippen LogP contribution in [0.3, 0.4) is 0 Å². The Labute approximate surface area is 143 Å². The SMILES string of the molecule is O=C(NCc1ccco1)[C@@H]1CN(CC2CC=CCC2)[C@H]2CCO[C@@H]12. The van der Waals surface area contributed by atoms with Gasteiger partial charge in [0.25, 0.3) is 0 Å². The summed E-state index contributed by atoms with van der Waals surface area (Å²) in [6, 6.07) is 4.13. The molecule has 5 nitrogen and oxygen atoms in total. The highest BCUT2D eigenvalue weighted by molar-refractivity contribution is 5.80. The molecule has 1 aromatic heterocycles. The third-order valence-corrected chi connectivity index (χ3v) is 5.62. The summed E-state index contributed by atoms with van der Waals surface area (Å²) in [5.41, 5.74) is 0. The largest absolute Gasteiger partial charge is 0.467 e. The zero-order valence-corrected chi connectivity index (χ0v) is 14.0. The van der Waals surface area contributed by atoms with Crippen molar-refractivity contribution in [1.29, 1.82) is 0 Å². The highest BCUT2D eigenvalue weighted by atomic mass is 16.5. The molecule has 1 aliphatic carbocycles. The summed E-state index contributed by atoms with van der Waals surface area (Å²) >= 11 is 0. The molecule has 0 spiro atoms. The van der Waals surface area contributed by atoms with Crippen molar-refractivity contribution in [2.45, 2.75) is 44.4 Å². The monoisotopic (exact) mass is 330 g/mol. The van der Waals surface area contributed by atoms with Crippen molar-refractivity contribution in [3.8, 4) is 0 Å². The van der Waals surface area contributed by atoms with Crippen molar-refractivity contribution >= 4 is 5.91 Å². The van der Waals surface area contributed by atoms with E-state index in [2.05, 4.69) is 22.4 Å². The van der Waals surface area contributed by atoms with E-state index in [1.54, 1.807) is 6.26 Å². The zero-order chi connectivity index (χ0) is 16.4. The van der Waals surface area contributed by atoms with Crippen molar-refractivity contribution in [2.75, 3.05) is 19.7 Å². The van der Waals surface area contributed by atoms with E-state index in [0.29, 0.717) is 12.6 Å². The normalized spacial score (nSPS) is 32.8. The van der Waals surface area contributed by atoms with Crippen LogP contribution in [-0.2, 0) is 16.1 Å². The number of likely N-dealkylation sites (tertiary alicyclic amines) is 1. The van der Waals surface area contributed by atoms with Crippen molar-refractivity contribution in [2.24, 2.45) is 11.8 Å². The fourth-order valence-corrected chi connectivity index (χ4v) is 4.38. The van der Waals surface area contributed by atoms with E-state index in [1.807, 2.05) is 12.1 Å². The van der Waals surface area contributed by atoms with Crippen molar-refractivity contribution in [3.05, 3.63) is 36.3 Å². The van der Waals surface area contributed by atoms with Gasteiger partial charge in [-0.1, -0.05) is 12.2 Å². The van der Waals surface area contributed by atoms with Gasteiger partial charge in [-0.25, -0.2) is 0 Å². The lowest BCUT2D eigenvalue weighted by molar-refractivity contribution is -0.127. The van der Waals surface area contributed by atoms with E-state index in [9.17, 15) is 4.79 Å². The number of carbonyl (C=O) groups is 1. The molecule has 1 aromatic rings. The third-order valence-electron chi connectivity index (χ3n) is 5.62. The number of ether oxygens (including phenoxy) is 1. The van der Waals surface area contributed by atoms with E-state index in [1.165, 1.54) is 19.3 Å². The number of allylic oxidation sites excluding steroid dienone is 2. The van der Waals surface area contributed by atoms with Gasteiger partial charge in [0.05, 0.1) is 24.8 Å². The van der Waals surface area contributed by atoms with Crippen LogP contribution in [0.2, 0.25) is 0 Å².